The maximum absolute atomic E-state index is 11.7. The zero-order chi connectivity index (χ0) is 12.0. The van der Waals surface area contributed by atoms with E-state index in [1.807, 2.05) is 0 Å². The van der Waals surface area contributed by atoms with E-state index < -0.39 is 10.8 Å². The molecular formula is C11H15ClO2S2. The van der Waals surface area contributed by atoms with Gasteiger partial charge in [-0.2, -0.15) is 0 Å². The van der Waals surface area contributed by atoms with Crippen LogP contribution in [0.4, 0.5) is 0 Å². The average Bonchev–Trinajstić information content (AvgIpc) is 2.65. The largest absolute Gasteiger partial charge is 0.292 e. The minimum Gasteiger partial charge on any atom is -0.292 e. The standard InChI is InChI=1S/C11H15ClO2S2/c1-2-3-4-7-16(14)8-9(13)10-5-6-11(12)15-10/h5-6H,2-4,7-8H2,1H3. The van der Waals surface area contributed by atoms with Gasteiger partial charge in [-0.3, -0.25) is 9.00 Å². The molecule has 0 bridgehead atoms. The van der Waals surface area contributed by atoms with Crippen LogP contribution in [0.2, 0.25) is 4.34 Å². The topological polar surface area (TPSA) is 34.1 Å². The van der Waals surface area contributed by atoms with Gasteiger partial charge in [0.1, 0.15) is 0 Å². The smallest absolute Gasteiger partial charge is 0.185 e. The fourth-order valence-electron chi connectivity index (χ4n) is 1.27. The molecule has 0 amide bonds. The van der Waals surface area contributed by atoms with E-state index in [9.17, 15) is 9.00 Å². The van der Waals surface area contributed by atoms with Crippen molar-refractivity contribution in [2.75, 3.05) is 11.5 Å². The van der Waals surface area contributed by atoms with E-state index >= 15 is 0 Å². The van der Waals surface area contributed by atoms with E-state index in [4.69, 9.17) is 11.6 Å². The molecule has 0 spiro atoms. The predicted molar refractivity (Wildman–Crippen MR) is 71.1 cm³/mol. The van der Waals surface area contributed by atoms with Crippen LogP contribution in [-0.4, -0.2) is 21.5 Å². The normalized spacial score (nSPS) is 12.6. The number of hydrogen-bond acceptors (Lipinski definition) is 3. The number of hydrogen-bond donors (Lipinski definition) is 0. The van der Waals surface area contributed by atoms with Gasteiger partial charge in [-0.25, -0.2) is 0 Å². The van der Waals surface area contributed by atoms with Crippen LogP contribution in [0, 0.1) is 0 Å². The van der Waals surface area contributed by atoms with E-state index in [1.54, 1.807) is 12.1 Å². The minimum absolute atomic E-state index is 0.0632. The molecule has 0 aliphatic rings. The van der Waals surface area contributed by atoms with Crippen molar-refractivity contribution in [3.63, 3.8) is 0 Å². The van der Waals surface area contributed by atoms with Crippen molar-refractivity contribution in [2.24, 2.45) is 0 Å². The first-order valence-electron chi connectivity index (χ1n) is 5.27. The van der Waals surface area contributed by atoms with Crippen LogP contribution in [0.3, 0.4) is 0 Å². The van der Waals surface area contributed by atoms with Crippen molar-refractivity contribution < 1.29 is 9.00 Å². The van der Waals surface area contributed by atoms with E-state index in [-0.39, 0.29) is 11.5 Å². The van der Waals surface area contributed by atoms with Gasteiger partial charge in [0, 0.05) is 16.6 Å². The van der Waals surface area contributed by atoms with Crippen LogP contribution >= 0.6 is 22.9 Å². The molecule has 1 unspecified atom stereocenters. The Morgan fingerprint density at radius 2 is 2.19 bits per heavy atom. The number of halogens is 1. The third-order valence-corrected chi connectivity index (χ3v) is 4.72. The van der Waals surface area contributed by atoms with E-state index in [1.165, 1.54) is 11.3 Å². The number of ketones is 1. The first-order chi connectivity index (χ1) is 7.63. The summed E-state index contributed by atoms with van der Waals surface area (Å²) in [5, 5.41) is 0. The lowest BCUT2D eigenvalue weighted by Crippen LogP contribution is -2.12. The van der Waals surface area contributed by atoms with Gasteiger partial charge in [0.05, 0.1) is 15.0 Å². The molecule has 0 aliphatic carbocycles. The lowest BCUT2D eigenvalue weighted by Gasteiger charge is -1.99. The average molecular weight is 279 g/mol. The molecule has 1 atom stereocenters. The molecule has 0 aliphatic heterocycles. The summed E-state index contributed by atoms with van der Waals surface area (Å²) in [4.78, 5) is 12.3. The maximum atomic E-state index is 11.7. The molecule has 0 aromatic carbocycles. The summed E-state index contributed by atoms with van der Waals surface area (Å²) in [7, 11) is -1.03. The van der Waals surface area contributed by atoms with Crippen LogP contribution in [0.25, 0.3) is 0 Å². The molecule has 0 N–H and O–H groups in total. The van der Waals surface area contributed by atoms with Crippen LogP contribution in [0.15, 0.2) is 12.1 Å². The second-order valence-electron chi connectivity index (χ2n) is 3.52. The Hall–Kier alpha value is -0.190. The number of Topliss-reactive ketones (excluding diaryl/α,β-unsaturated/α-hetero) is 1. The minimum atomic E-state index is -1.03. The quantitative estimate of drug-likeness (QED) is 0.565. The molecular weight excluding hydrogens is 264 g/mol. The zero-order valence-electron chi connectivity index (χ0n) is 9.20. The van der Waals surface area contributed by atoms with Crippen LogP contribution in [-0.2, 0) is 10.8 Å². The molecule has 16 heavy (non-hydrogen) atoms. The molecule has 90 valence electrons. The summed E-state index contributed by atoms with van der Waals surface area (Å²) in [6, 6.07) is 3.39. The molecule has 1 aromatic heterocycles. The summed E-state index contributed by atoms with van der Waals surface area (Å²) in [6.07, 6.45) is 3.11. The first-order valence-corrected chi connectivity index (χ1v) is 7.95. The van der Waals surface area contributed by atoms with Crippen molar-refractivity contribution in [3.05, 3.63) is 21.3 Å². The molecule has 1 aromatic rings. The second kappa shape index (κ2) is 7.20. The summed E-state index contributed by atoms with van der Waals surface area (Å²) < 4.78 is 12.2. The molecule has 0 fully saturated rings. The van der Waals surface area contributed by atoms with Crippen LogP contribution in [0.1, 0.15) is 35.9 Å². The van der Waals surface area contributed by atoms with Gasteiger partial charge in [-0.15, -0.1) is 11.3 Å². The number of thiophene rings is 1. The molecule has 1 rings (SSSR count). The molecule has 2 nitrogen and oxygen atoms in total. The number of unbranched alkanes of at least 4 members (excludes halogenated alkanes) is 2. The van der Waals surface area contributed by atoms with Gasteiger partial charge in [0.25, 0.3) is 0 Å². The third kappa shape index (κ3) is 4.76. The fourth-order valence-corrected chi connectivity index (χ4v) is 3.46. The molecule has 1 heterocycles. The highest BCUT2D eigenvalue weighted by molar-refractivity contribution is 7.85. The number of rotatable bonds is 7. The van der Waals surface area contributed by atoms with Crippen molar-refractivity contribution in [1.82, 2.24) is 0 Å². The molecule has 0 saturated heterocycles. The summed E-state index contributed by atoms with van der Waals surface area (Å²) in [5.74, 6) is 0.686. The first kappa shape index (κ1) is 13.9. The summed E-state index contributed by atoms with van der Waals surface area (Å²) in [6.45, 7) is 2.10. The lowest BCUT2D eigenvalue weighted by molar-refractivity contribution is 0.102. The third-order valence-electron chi connectivity index (χ3n) is 2.12. The van der Waals surface area contributed by atoms with Crippen LogP contribution < -0.4 is 0 Å². The Bertz CT molecular complexity index is 374. The summed E-state index contributed by atoms with van der Waals surface area (Å²) in [5.41, 5.74) is 0. The van der Waals surface area contributed by atoms with Gasteiger partial charge in [0.15, 0.2) is 5.78 Å². The van der Waals surface area contributed by atoms with Gasteiger partial charge in [0.2, 0.25) is 0 Å². The van der Waals surface area contributed by atoms with Gasteiger partial charge in [-0.05, 0) is 18.6 Å². The van der Waals surface area contributed by atoms with Gasteiger partial charge < -0.3 is 0 Å². The Labute approximate surface area is 107 Å². The van der Waals surface area contributed by atoms with E-state index in [2.05, 4.69) is 6.92 Å². The maximum Gasteiger partial charge on any atom is 0.185 e. The molecule has 0 radical (unpaired) electrons. The number of carbonyl (C=O) groups is 1. The highest BCUT2D eigenvalue weighted by Gasteiger charge is 2.12. The lowest BCUT2D eigenvalue weighted by atomic mass is 10.3. The van der Waals surface area contributed by atoms with Crippen molar-refractivity contribution in [2.45, 2.75) is 26.2 Å². The van der Waals surface area contributed by atoms with E-state index in [0.717, 1.165) is 19.3 Å². The predicted octanol–water partition coefficient (Wildman–Crippen LogP) is 3.52. The Morgan fingerprint density at radius 3 is 2.75 bits per heavy atom. The Kier molecular flexibility index (Phi) is 6.24. The summed E-state index contributed by atoms with van der Waals surface area (Å²) >= 11 is 6.98. The van der Waals surface area contributed by atoms with E-state index in [0.29, 0.717) is 15.0 Å². The highest BCUT2D eigenvalue weighted by atomic mass is 35.5. The fraction of sp³-hybridized carbons (Fsp3) is 0.545. The SMILES string of the molecule is CCCCCS(=O)CC(=O)c1ccc(Cl)s1. The van der Waals surface area contributed by atoms with Gasteiger partial charge >= 0.3 is 0 Å². The van der Waals surface area contributed by atoms with Crippen molar-refractivity contribution >= 4 is 39.5 Å². The van der Waals surface area contributed by atoms with Crippen LogP contribution in [0.5, 0.6) is 0 Å². The Balaban J connectivity index is 2.37. The van der Waals surface area contributed by atoms with Gasteiger partial charge in [-0.1, -0.05) is 31.4 Å². The second-order valence-corrected chi connectivity index (χ2v) is 6.81. The monoisotopic (exact) mass is 278 g/mol. The number of carbonyl (C=O) groups excluding carboxylic acids is 1. The zero-order valence-corrected chi connectivity index (χ0v) is 11.6. The van der Waals surface area contributed by atoms with Crippen molar-refractivity contribution in [1.29, 1.82) is 0 Å². The Morgan fingerprint density at radius 1 is 1.44 bits per heavy atom. The molecule has 5 heteroatoms. The highest BCUT2D eigenvalue weighted by Crippen LogP contribution is 2.21. The van der Waals surface area contributed by atoms with Crippen molar-refractivity contribution in [3.8, 4) is 0 Å². The molecule has 0 saturated carbocycles.